The first-order valence-electron chi connectivity index (χ1n) is 7.96. The Kier molecular flexibility index (Phi) is 6.11. The number of likely N-dealkylation sites (tertiary alicyclic amines) is 1. The van der Waals surface area contributed by atoms with Gasteiger partial charge in [-0.05, 0) is 70.7 Å². The molecule has 2 N–H and O–H groups in total. The summed E-state index contributed by atoms with van der Waals surface area (Å²) in [6.45, 7) is 8.78. The van der Waals surface area contributed by atoms with Crippen LogP contribution in [0.15, 0.2) is 0 Å². The Labute approximate surface area is 117 Å². The number of nitrogens with zero attached hydrogens (tertiary/aromatic N) is 1. The van der Waals surface area contributed by atoms with Gasteiger partial charge in [-0.3, -0.25) is 4.79 Å². The third-order valence-corrected chi connectivity index (χ3v) is 4.54. The average Bonchev–Trinajstić information content (AvgIpc) is 2.46. The van der Waals surface area contributed by atoms with Crippen molar-refractivity contribution in [2.75, 3.05) is 39.3 Å². The lowest BCUT2D eigenvalue weighted by atomic mass is 9.97. The van der Waals surface area contributed by atoms with E-state index in [1.54, 1.807) is 0 Å². The van der Waals surface area contributed by atoms with Gasteiger partial charge < -0.3 is 15.5 Å². The number of carbonyl (C=O) groups is 1. The molecular weight excluding hydrogens is 238 g/mol. The van der Waals surface area contributed by atoms with Crippen LogP contribution in [-0.4, -0.2) is 50.1 Å². The number of amides is 1. The lowest BCUT2D eigenvalue weighted by molar-refractivity contribution is -0.125. The SMILES string of the molecule is CC1CCN(CCCNC(=O)C2CCNCC2)CC1. The molecule has 2 fully saturated rings. The molecule has 4 nitrogen and oxygen atoms in total. The lowest BCUT2D eigenvalue weighted by Gasteiger charge is -2.30. The number of nitrogens with one attached hydrogen (secondary N) is 2. The maximum Gasteiger partial charge on any atom is 0.223 e. The van der Waals surface area contributed by atoms with Crippen molar-refractivity contribution >= 4 is 5.91 Å². The first-order chi connectivity index (χ1) is 9.25. The molecular formula is C15H29N3O. The molecule has 2 rings (SSSR count). The molecule has 0 aromatic carbocycles. The van der Waals surface area contributed by atoms with Crippen LogP contribution in [0, 0.1) is 11.8 Å². The summed E-state index contributed by atoms with van der Waals surface area (Å²) in [6.07, 6.45) is 5.75. The van der Waals surface area contributed by atoms with E-state index in [-0.39, 0.29) is 11.8 Å². The summed E-state index contributed by atoms with van der Waals surface area (Å²) in [6, 6.07) is 0. The molecule has 0 aliphatic carbocycles. The van der Waals surface area contributed by atoms with Gasteiger partial charge in [0.1, 0.15) is 0 Å². The monoisotopic (exact) mass is 267 g/mol. The molecule has 0 bridgehead atoms. The summed E-state index contributed by atoms with van der Waals surface area (Å²) in [5.41, 5.74) is 0. The van der Waals surface area contributed by atoms with E-state index in [1.807, 2.05) is 0 Å². The molecule has 2 saturated heterocycles. The van der Waals surface area contributed by atoms with Crippen LogP contribution in [0.2, 0.25) is 0 Å². The third kappa shape index (κ3) is 5.11. The Morgan fingerprint density at radius 1 is 1.21 bits per heavy atom. The molecule has 0 spiro atoms. The van der Waals surface area contributed by atoms with Crippen molar-refractivity contribution in [2.45, 2.75) is 39.0 Å². The highest BCUT2D eigenvalue weighted by molar-refractivity contribution is 5.78. The van der Waals surface area contributed by atoms with Gasteiger partial charge in [0.15, 0.2) is 0 Å². The first-order valence-corrected chi connectivity index (χ1v) is 7.96. The molecule has 4 heteroatoms. The number of hydrogen-bond acceptors (Lipinski definition) is 3. The number of carbonyl (C=O) groups excluding carboxylic acids is 1. The molecule has 2 heterocycles. The molecule has 0 saturated carbocycles. The van der Waals surface area contributed by atoms with Gasteiger partial charge in [-0.15, -0.1) is 0 Å². The predicted octanol–water partition coefficient (Wildman–Crippen LogP) is 1.22. The predicted molar refractivity (Wildman–Crippen MR) is 78.1 cm³/mol. The number of rotatable bonds is 5. The molecule has 0 radical (unpaired) electrons. The minimum absolute atomic E-state index is 0.247. The van der Waals surface area contributed by atoms with Crippen molar-refractivity contribution in [3.63, 3.8) is 0 Å². The van der Waals surface area contributed by atoms with E-state index in [0.29, 0.717) is 0 Å². The zero-order chi connectivity index (χ0) is 13.5. The summed E-state index contributed by atoms with van der Waals surface area (Å²) >= 11 is 0. The van der Waals surface area contributed by atoms with Crippen molar-refractivity contribution in [2.24, 2.45) is 11.8 Å². The quantitative estimate of drug-likeness (QED) is 0.736. The highest BCUT2D eigenvalue weighted by Gasteiger charge is 2.20. The largest absolute Gasteiger partial charge is 0.356 e. The lowest BCUT2D eigenvalue weighted by Crippen LogP contribution is -2.39. The molecule has 0 aromatic rings. The van der Waals surface area contributed by atoms with E-state index < -0.39 is 0 Å². The molecule has 2 aliphatic rings. The minimum Gasteiger partial charge on any atom is -0.356 e. The van der Waals surface area contributed by atoms with Crippen molar-refractivity contribution in [3.05, 3.63) is 0 Å². The minimum atomic E-state index is 0.247. The highest BCUT2D eigenvalue weighted by atomic mass is 16.1. The second-order valence-electron chi connectivity index (χ2n) is 6.19. The molecule has 0 atom stereocenters. The van der Waals surface area contributed by atoms with Gasteiger partial charge in [0, 0.05) is 12.5 Å². The van der Waals surface area contributed by atoms with Crippen molar-refractivity contribution in [1.82, 2.24) is 15.5 Å². The average molecular weight is 267 g/mol. The van der Waals surface area contributed by atoms with Crippen LogP contribution in [0.3, 0.4) is 0 Å². The molecule has 1 amide bonds. The maximum absolute atomic E-state index is 11.9. The maximum atomic E-state index is 11.9. The van der Waals surface area contributed by atoms with Crippen LogP contribution >= 0.6 is 0 Å². The standard InChI is InChI=1S/C15H29N3O/c1-13-5-11-18(12-6-13)10-2-7-17-15(19)14-3-8-16-9-4-14/h13-14,16H,2-12H2,1H3,(H,17,19). The Balaban J connectivity index is 1.52. The molecule has 0 unspecified atom stereocenters. The van der Waals surface area contributed by atoms with E-state index in [4.69, 9.17) is 0 Å². The number of hydrogen-bond donors (Lipinski definition) is 2. The summed E-state index contributed by atoms with van der Waals surface area (Å²) < 4.78 is 0. The summed E-state index contributed by atoms with van der Waals surface area (Å²) in [7, 11) is 0. The first kappa shape index (κ1) is 14.8. The molecule has 2 aliphatic heterocycles. The summed E-state index contributed by atoms with van der Waals surface area (Å²) in [4.78, 5) is 14.5. The second kappa shape index (κ2) is 7.85. The van der Waals surface area contributed by atoms with E-state index >= 15 is 0 Å². The van der Waals surface area contributed by atoms with Crippen LogP contribution in [-0.2, 0) is 4.79 Å². The fourth-order valence-corrected chi connectivity index (χ4v) is 3.03. The zero-order valence-electron chi connectivity index (χ0n) is 12.3. The van der Waals surface area contributed by atoms with E-state index in [9.17, 15) is 4.79 Å². The molecule has 19 heavy (non-hydrogen) atoms. The van der Waals surface area contributed by atoms with Gasteiger partial charge in [0.25, 0.3) is 0 Å². The van der Waals surface area contributed by atoms with Crippen LogP contribution in [0.25, 0.3) is 0 Å². The molecule has 0 aromatic heterocycles. The third-order valence-electron chi connectivity index (χ3n) is 4.54. The Hall–Kier alpha value is -0.610. The van der Waals surface area contributed by atoms with Gasteiger partial charge in [-0.2, -0.15) is 0 Å². The van der Waals surface area contributed by atoms with Crippen LogP contribution in [0.5, 0.6) is 0 Å². The van der Waals surface area contributed by atoms with E-state index in [0.717, 1.165) is 51.4 Å². The van der Waals surface area contributed by atoms with Crippen LogP contribution in [0.4, 0.5) is 0 Å². The van der Waals surface area contributed by atoms with E-state index in [1.165, 1.54) is 25.9 Å². The normalized spacial score (nSPS) is 23.4. The van der Waals surface area contributed by atoms with Gasteiger partial charge in [-0.1, -0.05) is 6.92 Å². The van der Waals surface area contributed by atoms with Crippen LogP contribution in [0.1, 0.15) is 39.0 Å². The van der Waals surface area contributed by atoms with Gasteiger partial charge in [0.2, 0.25) is 5.91 Å². The Morgan fingerprint density at radius 3 is 2.58 bits per heavy atom. The molecule has 110 valence electrons. The number of piperidine rings is 2. The zero-order valence-corrected chi connectivity index (χ0v) is 12.3. The fourth-order valence-electron chi connectivity index (χ4n) is 3.03. The highest BCUT2D eigenvalue weighted by Crippen LogP contribution is 2.15. The topological polar surface area (TPSA) is 44.4 Å². The van der Waals surface area contributed by atoms with Crippen molar-refractivity contribution < 1.29 is 4.79 Å². The summed E-state index contributed by atoms with van der Waals surface area (Å²) in [5.74, 6) is 1.42. The van der Waals surface area contributed by atoms with Gasteiger partial charge >= 0.3 is 0 Å². The van der Waals surface area contributed by atoms with Crippen molar-refractivity contribution in [1.29, 1.82) is 0 Å². The smallest absolute Gasteiger partial charge is 0.223 e. The van der Waals surface area contributed by atoms with E-state index in [2.05, 4.69) is 22.5 Å². The summed E-state index contributed by atoms with van der Waals surface area (Å²) in [5, 5.41) is 6.40. The van der Waals surface area contributed by atoms with Gasteiger partial charge in [-0.25, -0.2) is 0 Å². The van der Waals surface area contributed by atoms with Crippen molar-refractivity contribution in [3.8, 4) is 0 Å². The Bertz CT molecular complexity index is 269. The van der Waals surface area contributed by atoms with Crippen LogP contribution < -0.4 is 10.6 Å². The van der Waals surface area contributed by atoms with Gasteiger partial charge in [0.05, 0.1) is 0 Å². The Morgan fingerprint density at radius 2 is 1.89 bits per heavy atom. The second-order valence-corrected chi connectivity index (χ2v) is 6.19. The fraction of sp³-hybridized carbons (Fsp3) is 0.933.